The van der Waals surface area contributed by atoms with Gasteiger partial charge in [-0.25, -0.2) is 4.79 Å². The molecule has 0 aliphatic carbocycles. The van der Waals surface area contributed by atoms with Gasteiger partial charge >= 0.3 is 6.03 Å². The number of nitriles is 1. The van der Waals surface area contributed by atoms with Gasteiger partial charge in [-0.05, 0) is 58.5 Å². The Morgan fingerprint density at radius 2 is 2.00 bits per heavy atom. The van der Waals surface area contributed by atoms with Crippen LogP contribution < -0.4 is 15.8 Å². The van der Waals surface area contributed by atoms with Gasteiger partial charge < -0.3 is 10.5 Å². The SMILES string of the molecule is N#C/C(=C/c1ccc(OCc2ccc(Cl)cc2Cl)c(I)c1)C(=O)NC(N)=O. The largest absolute Gasteiger partial charge is 0.488 e. The van der Waals surface area contributed by atoms with Crippen molar-refractivity contribution in [1.82, 2.24) is 5.32 Å². The summed E-state index contributed by atoms with van der Waals surface area (Å²) in [7, 11) is 0. The molecule has 0 saturated heterocycles. The van der Waals surface area contributed by atoms with Gasteiger partial charge in [0.1, 0.15) is 24.0 Å². The number of imide groups is 1. The number of carbonyl (C=O) groups excluding carboxylic acids is 2. The van der Waals surface area contributed by atoms with E-state index in [9.17, 15) is 9.59 Å². The van der Waals surface area contributed by atoms with Crippen LogP contribution in [0.2, 0.25) is 10.0 Å². The summed E-state index contributed by atoms with van der Waals surface area (Å²) in [6.45, 7) is 0.256. The predicted molar refractivity (Wildman–Crippen MR) is 111 cm³/mol. The van der Waals surface area contributed by atoms with E-state index in [2.05, 4.69) is 22.6 Å². The van der Waals surface area contributed by atoms with E-state index in [0.29, 0.717) is 21.4 Å². The van der Waals surface area contributed by atoms with E-state index < -0.39 is 11.9 Å². The average molecular weight is 516 g/mol. The third kappa shape index (κ3) is 6.13. The lowest BCUT2D eigenvalue weighted by molar-refractivity contribution is -0.115. The van der Waals surface area contributed by atoms with E-state index in [4.69, 9.17) is 38.9 Å². The van der Waals surface area contributed by atoms with E-state index in [1.54, 1.807) is 42.5 Å². The molecular formula is C18H12Cl2IN3O3. The summed E-state index contributed by atoms with van der Waals surface area (Å²) in [6.07, 6.45) is 1.35. The summed E-state index contributed by atoms with van der Waals surface area (Å²) in [5.41, 5.74) is 6.02. The Morgan fingerprint density at radius 3 is 2.59 bits per heavy atom. The van der Waals surface area contributed by atoms with Crippen LogP contribution in [0.15, 0.2) is 42.0 Å². The molecule has 3 amide bonds. The molecule has 0 saturated carbocycles. The smallest absolute Gasteiger partial charge is 0.319 e. The minimum absolute atomic E-state index is 0.244. The van der Waals surface area contributed by atoms with E-state index in [0.717, 1.165) is 9.13 Å². The highest BCUT2D eigenvalue weighted by Crippen LogP contribution is 2.26. The number of halogens is 3. The number of benzene rings is 2. The third-order valence-electron chi connectivity index (χ3n) is 3.27. The quantitative estimate of drug-likeness (QED) is 0.352. The first-order valence-electron chi connectivity index (χ1n) is 7.39. The first-order chi connectivity index (χ1) is 12.8. The Hall–Kier alpha value is -2.28. The Morgan fingerprint density at radius 1 is 1.26 bits per heavy atom. The first kappa shape index (κ1) is 21.0. The minimum atomic E-state index is -1.03. The molecule has 0 fully saturated rings. The summed E-state index contributed by atoms with van der Waals surface area (Å²) in [5.74, 6) is -0.253. The van der Waals surface area contributed by atoms with Crippen molar-refractivity contribution < 1.29 is 14.3 Å². The number of nitrogens with zero attached hydrogens (tertiary/aromatic N) is 1. The second-order valence-corrected chi connectivity index (χ2v) is 7.21. The number of hydrogen-bond donors (Lipinski definition) is 2. The van der Waals surface area contributed by atoms with E-state index in [1.165, 1.54) is 6.08 Å². The number of carbonyl (C=O) groups is 2. The maximum Gasteiger partial charge on any atom is 0.319 e. The van der Waals surface area contributed by atoms with Crippen LogP contribution in [0.25, 0.3) is 6.08 Å². The lowest BCUT2D eigenvalue weighted by Crippen LogP contribution is -2.35. The normalized spacial score (nSPS) is 10.8. The molecule has 9 heteroatoms. The van der Waals surface area contributed by atoms with Crippen molar-refractivity contribution in [3.05, 3.63) is 66.7 Å². The number of nitrogens with two attached hydrogens (primary N) is 1. The van der Waals surface area contributed by atoms with Gasteiger partial charge in [0.2, 0.25) is 0 Å². The fourth-order valence-electron chi connectivity index (χ4n) is 2.01. The molecule has 0 heterocycles. The highest BCUT2D eigenvalue weighted by Gasteiger charge is 2.12. The molecule has 138 valence electrons. The van der Waals surface area contributed by atoms with Crippen LogP contribution in [0.5, 0.6) is 5.75 Å². The number of hydrogen-bond acceptors (Lipinski definition) is 4. The van der Waals surface area contributed by atoms with Crippen molar-refractivity contribution in [3.63, 3.8) is 0 Å². The second kappa shape index (κ2) is 9.60. The number of urea groups is 1. The van der Waals surface area contributed by atoms with Gasteiger partial charge in [0.25, 0.3) is 5.91 Å². The van der Waals surface area contributed by atoms with Crippen molar-refractivity contribution in [3.8, 4) is 11.8 Å². The summed E-state index contributed by atoms with van der Waals surface area (Å²) in [6, 6.07) is 11.0. The van der Waals surface area contributed by atoms with Crippen molar-refractivity contribution >= 4 is 63.8 Å². The van der Waals surface area contributed by atoms with Crippen LogP contribution >= 0.6 is 45.8 Å². The number of ether oxygens (including phenoxy) is 1. The molecule has 0 unspecified atom stereocenters. The average Bonchev–Trinajstić information content (AvgIpc) is 2.59. The highest BCUT2D eigenvalue weighted by molar-refractivity contribution is 14.1. The van der Waals surface area contributed by atoms with Crippen LogP contribution in [0, 0.1) is 14.9 Å². The Bertz CT molecular complexity index is 971. The molecule has 2 rings (SSSR count). The molecule has 6 nitrogen and oxygen atoms in total. The van der Waals surface area contributed by atoms with Gasteiger partial charge in [-0.15, -0.1) is 0 Å². The number of amides is 3. The Labute approximate surface area is 179 Å². The van der Waals surface area contributed by atoms with E-state index >= 15 is 0 Å². The zero-order chi connectivity index (χ0) is 20.0. The van der Waals surface area contributed by atoms with Gasteiger partial charge in [0, 0.05) is 15.6 Å². The molecule has 2 aromatic rings. The molecule has 0 atom stereocenters. The van der Waals surface area contributed by atoms with Crippen LogP contribution in [-0.4, -0.2) is 11.9 Å². The van der Waals surface area contributed by atoms with Crippen LogP contribution in [0.1, 0.15) is 11.1 Å². The number of nitrogens with one attached hydrogen (secondary N) is 1. The lowest BCUT2D eigenvalue weighted by Gasteiger charge is -2.10. The second-order valence-electron chi connectivity index (χ2n) is 5.20. The van der Waals surface area contributed by atoms with Crippen LogP contribution in [-0.2, 0) is 11.4 Å². The molecule has 27 heavy (non-hydrogen) atoms. The zero-order valence-corrected chi connectivity index (χ0v) is 17.3. The number of primary amides is 1. The standard InChI is InChI=1S/C18H12Cl2IN3O3/c19-13-3-2-11(14(20)7-13)9-27-16-4-1-10(6-15(16)21)5-12(8-22)17(25)24-18(23)26/h1-7H,9H2,(H3,23,24,25,26)/b12-5-. The predicted octanol–water partition coefficient (Wildman–Crippen LogP) is 4.28. The van der Waals surface area contributed by atoms with Gasteiger partial charge in [-0.2, -0.15) is 5.26 Å². The summed E-state index contributed by atoms with van der Waals surface area (Å²) in [5, 5.41) is 12.0. The van der Waals surface area contributed by atoms with Crippen LogP contribution in [0.4, 0.5) is 4.79 Å². The van der Waals surface area contributed by atoms with Crippen molar-refractivity contribution in [1.29, 1.82) is 5.26 Å². The van der Waals surface area contributed by atoms with E-state index in [1.807, 2.05) is 5.32 Å². The molecule has 0 aliphatic rings. The zero-order valence-electron chi connectivity index (χ0n) is 13.6. The molecule has 0 aromatic heterocycles. The molecule has 3 N–H and O–H groups in total. The Balaban J connectivity index is 2.15. The lowest BCUT2D eigenvalue weighted by atomic mass is 10.1. The van der Waals surface area contributed by atoms with Crippen molar-refractivity contribution in [2.24, 2.45) is 5.73 Å². The van der Waals surface area contributed by atoms with Gasteiger partial charge in [-0.1, -0.05) is 35.3 Å². The summed E-state index contributed by atoms with van der Waals surface area (Å²) >= 11 is 14.1. The van der Waals surface area contributed by atoms with Crippen molar-refractivity contribution in [2.75, 3.05) is 0 Å². The maximum atomic E-state index is 11.7. The topological polar surface area (TPSA) is 105 Å². The summed E-state index contributed by atoms with van der Waals surface area (Å²) < 4.78 is 6.53. The molecule has 0 bridgehead atoms. The van der Waals surface area contributed by atoms with Crippen molar-refractivity contribution in [2.45, 2.75) is 6.61 Å². The van der Waals surface area contributed by atoms with Gasteiger partial charge in [0.05, 0.1) is 3.57 Å². The van der Waals surface area contributed by atoms with Gasteiger partial charge in [-0.3, -0.25) is 10.1 Å². The molecule has 0 spiro atoms. The van der Waals surface area contributed by atoms with Gasteiger partial charge in [0.15, 0.2) is 0 Å². The summed E-state index contributed by atoms with van der Waals surface area (Å²) in [4.78, 5) is 22.4. The van der Waals surface area contributed by atoms with Crippen LogP contribution in [0.3, 0.4) is 0 Å². The molecular weight excluding hydrogens is 504 g/mol. The first-order valence-corrected chi connectivity index (χ1v) is 9.22. The van der Waals surface area contributed by atoms with E-state index in [-0.39, 0.29) is 12.2 Å². The minimum Gasteiger partial charge on any atom is -0.488 e. The molecule has 2 aromatic carbocycles. The highest BCUT2D eigenvalue weighted by atomic mass is 127. The molecule has 0 aliphatic heterocycles. The number of rotatable bonds is 5. The monoisotopic (exact) mass is 515 g/mol. The fourth-order valence-corrected chi connectivity index (χ4v) is 3.17. The maximum absolute atomic E-state index is 11.7. The third-order valence-corrected chi connectivity index (χ3v) is 4.70. The molecule has 0 radical (unpaired) electrons. The Kier molecular flexibility index (Phi) is 7.47. The fraction of sp³-hybridized carbons (Fsp3) is 0.0556.